The summed E-state index contributed by atoms with van der Waals surface area (Å²) in [5.74, 6) is 1.25. The van der Waals surface area contributed by atoms with E-state index < -0.39 is 12.6 Å². The third kappa shape index (κ3) is 6.55. The Bertz CT molecular complexity index is 505. The lowest BCUT2D eigenvalue weighted by atomic mass is 10.1. The van der Waals surface area contributed by atoms with Gasteiger partial charge in [-0.1, -0.05) is 6.07 Å². The molecule has 0 aliphatic rings. The molecule has 0 fully saturated rings. The lowest BCUT2D eigenvalue weighted by Gasteiger charge is -2.10. The Kier molecular flexibility index (Phi) is 6.81. The largest absolute Gasteiger partial charge is 0.493 e. The van der Waals surface area contributed by atoms with E-state index in [2.05, 4.69) is 10.3 Å². The van der Waals surface area contributed by atoms with Crippen LogP contribution in [-0.2, 0) is 6.42 Å². The average Bonchev–Trinajstić information content (AvgIpc) is 2.45. The predicted octanol–water partition coefficient (Wildman–Crippen LogP) is 2.10. The van der Waals surface area contributed by atoms with Gasteiger partial charge >= 0.3 is 6.18 Å². The molecule has 0 aliphatic heterocycles. The van der Waals surface area contributed by atoms with Crippen molar-refractivity contribution >= 4 is 5.96 Å². The average molecular weight is 319 g/mol. The number of aliphatic imine (C=N–C) groups is 1. The summed E-state index contributed by atoms with van der Waals surface area (Å²) in [5.41, 5.74) is 6.48. The molecule has 0 heterocycles. The van der Waals surface area contributed by atoms with Crippen LogP contribution in [0.4, 0.5) is 13.2 Å². The van der Waals surface area contributed by atoms with Crippen LogP contribution >= 0.6 is 0 Å². The van der Waals surface area contributed by atoms with Crippen LogP contribution in [0.15, 0.2) is 23.2 Å². The van der Waals surface area contributed by atoms with E-state index in [1.54, 1.807) is 20.3 Å². The van der Waals surface area contributed by atoms with E-state index >= 15 is 0 Å². The molecule has 1 aromatic rings. The second kappa shape index (κ2) is 8.35. The number of alkyl halides is 3. The molecule has 0 radical (unpaired) electrons. The minimum atomic E-state index is -4.22. The molecule has 0 aromatic heterocycles. The summed E-state index contributed by atoms with van der Waals surface area (Å²) in [6, 6.07) is 5.49. The summed E-state index contributed by atoms with van der Waals surface area (Å²) in [6.45, 7) is 0.0789. The number of nitrogens with two attached hydrogens (primary N) is 1. The van der Waals surface area contributed by atoms with Crippen LogP contribution in [0.1, 0.15) is 12.0 Å². The van der Waals surface area contributed by atoms with Gasteiger partial charge in [-0.2, -0.15) is 13.2 Å². The van der Waals surface area contributed by atoms with Crippen molar-refractivity contribution in [1.29, 1.82) is 0 Å². The number of guanidine groups is 1. The van der Waals surface area contributed by atoms with Gasteiger partial charge < -0.3 is 20.5 Å². The van der Waals surface area contributed by atoms with Crippen molar-refractivity contribution in [2.24, 2.45) is 10.7 Å². The minimum absolute atomic E-state index is 0.00438. The third-order valence-corrected chi connectivity index (χ3v) is 2.85. The molecule has 0 aliphatic carbocycles. The Hall–Kier alpha value is -2.12. The van der Waals surface area contributed by atoms with Crippen molar-refractivity contribution in [3.8, 4) is 11.5 Å². The molecule has 0 spiro atoms. The van der Waals surface area contributed by atoms with E-state index in [-0.39, 0.29) is 12.5 Å². The highest BCUT2D eigenvalue weighted by Crippen LogP contribution is 2.27. The van der Waals surface area contributed by atoms with Crippen molar-refractivity contribution in [1.82, 2.24) is 5.32 Å². The van der Waals surface area contributed by atoms with Crippen LogP contribution in [0.2, 0.25) is 0 Å². The maximum absolute atomic E-state index is 12.0. The fourth-order valence-electron chi connectivity index (χ4n) is 1.73. The van der Waals surface area contributed by atoms with E-state index in [4.69, 9.17) is 15.2 Å². The molecule has 0 atom stereocenters. The highest BCUT2D eigenvalue weighted by Gasteiger charge is 2.26. The Morgan fingerprint density at radius 1 is 1.23 bits per heavy atom. The van der Waals surface area contributed by atoms with Crippen molar-refractivity contribution in [3.63, 3.8) is 0 Å². The first-order valence-electron chi connectivity index (χ1n) is 6.67. The number of rotatable bonds is 7. The molecule has 0 amide bonds. The monoisotopic (exact) mass is 319 g/mol. The van der Waals surface area contributed by atoms with Crippen molar-refractivity contribution in [3.05, 3.63) is 23.8 Å². The molecule has 0 bridgehead atoms. The summed E-state index contributed by atoms with van der Waals surface area (Å²) < 4.78 is 46.2. The van der Waals surface area contributed by atoms with Gasteiger partial charge in [0.05, 0.1) is 27.2 Å². The SMILES string of the molecule is COc1ccc(CCNC(N)=NCCC(F)(F)F)cc1OC. The summed E-state index contributed by atoms with van der Waals surface area (Å²) in [5, 5.41) is 2.77. The van der Waals surface area contributed by atoms with Gasteiger partial charge in [-0.25, -0.2) is 0 Å². The molecular formula is C14H20F3N3O2. The zero-order valence-electron chi connectivity index (χ0n) is 12.5. The molecule has 1 rings (SSSR count). The highest BCUT2D eigenvalue weighted by atomic mass is 19.4. The van der Waals surface area contributed by atoms with Gasteiger partial charge in [-0.15, -0.1) is 0 Å². The summed E-state index contributed by atoms with van der Waals surface area (Å²) in [6.07, 6.45) is -4.58. The van der Waals surface area contributed by atoms with Crippen LogP contribution in [0, 0.1) is 0 Å². The molecular weight excluding hydrogens is 299 g/mol. The van der Waals surface area contributed by atoms with Crippen LogP contribution in [0.5, 0.6) is 11.5 Å². The topological polar surface area (TPSA) is 68.9 Å². The van der Waals surface area contributed by atoms with Crippen LogP contribution < -0.4 is 20.5 Å². The number of nitrogens with one attached hydrogen (secondary N) is 1. The Labute approximate surface area is 127 Å². The second-order valence-electron chi connectivity index (χ2n) is 4.50. The van der Waals surface area contributed by atoms with Gasteiger partial charge in [0.2, 0.25) is 0 Å². The Morgan fingerprint density at radius 3 is 2.50 bits per heavy atom. The van der Waals surface area contributed by atoms with Crippen LogP contribution in [-0.4, -0.2) is 39.4 Å². The number of hydrogen-bond acceptors (Lipinski definition) is 3. The second-order valence-corrected chi connectivity index (χ2v) is 4.50. The molecule has 22 heavy (non-hydrogen) atoms. The summed E-state index contributed by atoms with van der Waals surface area (Å²) in [7, 11) is 3.10. The first-order valence-corrected chi connectivity index (χ1v) is 6.67. The maximum atomic E-state index is 12.0. The van der Waals surface area contributed by atoms with Crippen molar-refractivity contribution in [2.75, 3.05) is 27.3 Å². The van der Waals surface area contributed by atoms with Crippen LogP contribution in [0.25, 0.3) is 0 Å². The Balaban J connectivity index is 2.42. The predicted molar refractivity (Wildman–Crippen MR) is 78.4 cm³/mol. The quantitative estimate of drug-likeness (QED) is 0.596. The lowest BCUT2D eigenvalue weighted by molar-refractivity contribution is -0.132. The lowest BCUT2D eigenvalue weighted by Crippen LogP contribution is -2.33. The number of hydrogen-bond donors (Lipinski definition) is 2. The van der Waals surface area contributed by atoms with E-state index in [0.717, 1.165) is 5.56 Å². The molecule has 0 unspecified atom stereocenters. The first kappa shape index (κ1) is 17.9. The molecule has 124 valence electrons. The van der Waals surface area contributed by atoms with Gasteiger partial charge in [0, 0.05) is 6.54 Å². The molecule has 5 nitrogen and oxygen atoms in total. The number of benzene rings is 1. The van der Waals surface area contributed by atoms with Gasteiger partial charge in [0.1, 0.15) is 0 Å². The van der Waals surface area contributed by atoms with Gasteiger partial charge in [-0.3, -0.25) is 4.99 Å². The zero-order chi connectivity index (χ0) is 16.6. The number of methoxy groups -OCH3 is 2. The zero-order valence-corrected chi connectivity index (χ0v) is 12.5. The fourth-order valence-corrected chi connectivity index (χ4v) is 1.73. The van der Waals surface area contributed by atoms with E-state index in [9.17, 15) is 13.2 Å². The van der Waals surface area contributed by atoms with Crippen molar-refractivity contribution < 1.29 is 22.6 Å². The smallest absolute Gasteiger partial charge is 0.390 e. The number of nitrogens with zero attached hydrogens (tertiary/aromatic N) is 1. The third-order valence-electron chi connectivity index (χ3n) is 2.85. The van der Waals surface area contributed by atoms with E-state index in [1.165, 1.54) is 0 Å². The van der Waals surface area contributed by atoms with Crippen LogP contribution in [0.3, 0.4) is 0 Å². The summed E-state index contributed by atoms with van der Waals surface area (Å²) >= 11 is 0. The minimum Gasteiger partial charge on any atom is -0.493 e. The molecule has 3 N–H and O–H groups in total. The fraction of sp³-hybridized carbons (Fsp3) is 0.500. The van der Waals surface area contributed by atoms with E-state index in [0.29, 0.717) is 24.5 Å². The standard InChI is InChI=1S/C14H20F3N3O2/c1-21-11-4-3-10(9-12(11)22-2)5-7-19-13(18)20-8-6-14(15,16)17/h3-4,9H,5-8H2,1-2H3,(H3,18,19,20). The molecule has 0 saturated carbocycles. The van der Waals surface area contributed by atoms with E-state index in [1.807, 2.05) is 12.1 Å². The number of ether oxygens (including phenoxy) is 2. The van der Waals surface area contributed by atoms with Gasteiger partial charge in [-0.05, 0) is 24.1 Å². The van der Waals surface area contributed by atoms with Gasteiger partial charge in [0.15, 0.2) is 17.5 Å². The Morgan fingerprint density at radius 2 is 1.91 bits per heavy atom. The molecule has 0 saturated heterocycles. The number of halogens is 3. The van der Waals surface area contributed by atoms with Crippen molar-refractivity contribution in [2.45, 2.75) is 19.0 Å². The first-order chi connectivity index (χ1) is 10.4. The molecule has 8 heteroatoms. The normalized spacial score (nSPS) is 12.1. The maximum Gasteiger partial charge on any atom is 0.390 e. The highest BCUT2D eigenvalue weighted by molar-refractivity contribution is 5.77. The summed E-state index contributed by atoms with van der Waals surface area (Å²) in [4.78, 5) is 3.62. The van der Waals surface area contributed by atoms with Gasteiger partial charge in [0.25, 0.3) is 0 Å². The molecule has 1 aromatic carbocycles.